The predicted molar refractivity (Wildman–Crippen MR) is 83.1 cm³/mol. The smallest absolute Gasteiger partial charge is 0.270 e. The lowest BCUT2D eigenvalue weighted by atomic mass is 10.0. The average Bonchev–Trinajstić information content (AvgIpc) is 2.45. The maximum Gasteiger partial charge on any atom is 0.270 e. The Morgan fingerprint density at radius 3 is 2.65 bits per heavy atom. The summed E-state index contributed by atoms with van der Waals surface area (Å²) in [7, 11) is 1.81. The normalized spacial score (nSPS) is 11.4. The maximum atomic E-state index is 12.3. The van der Waals surface area contributed by atoms with E-state index in [-0.39, 0.29) is 11.4 Å². The van der Waals surface area contributed by atoms with Crippen LogP contribution in [-0.4, -0.2) is 23.5 Å². The highest BCUT2D eigenvalue weighted by Crippen LogP contribution is 2.22. The van der Waals surface area contributed by atoms with E-state index in [0.717, 1.165) is 23.0 Å². The number of hydrogen-bond acceptors (Lipinski definition) is 3. The summed E-state index contributed by atoms with van der Waals surface area (Å²) in [6, 6.07) is 9.73. The van der Waals surface area contributed by atoms with E-state index in [1.165, 1.54) is 0 Å². The van der Waals surface area contributed by atoms with Gasteiger partial charge in [-0.25, -0.2) is 4.98 Å². The zero-order chi connectivity index (χ0) is 14.8. The molecule has 4 heteroatoms. The molecule has 0 bridgehead atoms. The number of fused-ring (bicyclic) bond motifs is 1. The molecule has 0 spiro atoms. The molecule has 20 heavy (non-hydrogen) atoms. The highest BCUT2D eigenvalue weighted by Gasteiger charge is 2.20. The Balaban J connectivity index is 2.42. The minimum atomic E-state index is -0.232. The fourth-order valence-corrected chi connectivity index (χ4v) is 1.97. The molecule has 1 aromatic carbocycles. The van der Waals surface area contributed by atoms with Crippen LogP contribution >= 0.6 is 0 Å². The fraction of sp³-hybridized carbons (Fsp3) is 0.375. The Bertz CT molecular complexity index is 635. The van der Waals surface area contributed by atoms with Gasteiger partial charge in [0.2, 0.25) is 0 Å². The largest absolute Gasteiger partial charge is 0.373 e. The lowest BCUT2D eigenvalue weighted by Gasteiger charge is -2.24. The number of carbonyl (C=O) groups excluding carboxylic acids is 1. The lowest BCUT2D eigenvalue weighted by Crippen LogP contribution is -2.43. The van der Waals surface area contributed by atoms with Crippen molar-refractivity contribution in [3.8, 4) is 0 Å². The van der Waals surface area contributed by atoms with E-state index in [1.54, 1.807) is 0 Å². The number of anilines is 1. The molecular formula is C16H21N3O. The zero-order valence-electron chi connectivity index (χ0n) is 12.4. The molecule has 1 heterocycles. The predicted octanol–water partition coefficient (Wildman–Crippen LogP) is 3.19. The number of aromatic nitrogens is 1. The van der Waals surface area contributed by atoms with E-state index >= 15 is 0 Å². The topological polar surface area (TPSA) is 54.0 Å². The first-order valence-electron chi connectivity index (χ1n) is 6.87. The van der Waals surface area contributed by atoms with E-state index in [4.69, 9.17) is 0 Å². The summed E-state index contributed by atoms with van der Waals surface area (Å²) >= 11 is 0. The Hall–Kier alpha value is -2.10. The number of pyridine rings is 1. The summed E-state index contributed by atoms with van der Waals surface area (Å²) in [6.07, 6.45) is 0.866. The summed E-state index contributed by atoms with van der Waals surface area (Å²) in [5.41, 5.74) is 0.207. The second kappa shape index (κ2) is 5.49. The van der Waals surface area contributed by atoms with Crippen LogP contribution in [0.15, 0.2) is 30.3 Å². The van der Waals surface area contributed by atoms with Gasteiger partial charge in [0, 0.05) is 18.0 Å². The number of nitrogens with one attached hydrogen (secondary N) is 2. The molecule has 0 fully saturated rings. The number of rotatable bonds is 4. The Morgan fingerprint density at radius 1 is 1.30 bits per heavy atom. The van der Waals surface area contributed by atoms with Crippen LogP contribution < -0.4 is 10.6 Å². The third kappa shape index (κ3) is 2.90. The van der Waals surface area contributed by atoms with Crippen molar-refractivity contribution in [1.29, 1.82) is 0 Å². The summed E-state index contributed by atoms with van der Waals surface area (Å²) in [5.74, 6) is 0.585. The summed E-state index contributed by atoms with van der Waals surface area (Å²) in [4.78, 5) is 16.7. The van der Waals surface area contributed by atoms with Gasteiger partial charge in [-0.2, -0.15) is 0 Å². The maximum absolute atomic E-state index is 12.3. The Labute approximate surface area is 119 Å². The summed E-state index contributed by atoms with van der Waals surface area (Å²) in [6.45, 7) is 6.06. The van der Waals surface area contributed by atoms with Crippen molar-refractivity contribution < 1.29 is 4.79 Å². The van der Waals surface area contributed by atoms with Gasteiger partial charge in [-0.3, -0.25) is 4.79 Å². The second-order valence-electron chi connectivity index (χ2n) is 5.52. The first-order valence-corrected chi connectivity index (χ1v) is 6.87. The van der Waals surface area contributed by atoms with E-state index < -0.39 is 0 Å². The van der Waals surface area contributed by atoms with E-state index in [9.17, 15) is 4.79 Å². The molecule has 2 rings (SSSR count). The van der Waals surface area contributed by atoms with Crippen molar-refractivity contribution in [1.82, 2.24) is 10.3 Å². The van der Waals surface area contributed by atoms with Crippen LogP contribution in [0.1, 0.15) is 37.7 Å². The Morgan fingerprint density at radius 2 is 2.00 bits per heavy atom. The molecule has 4 nitrogen and oxygen atoms in total. The van der Waals surface area contributed by atoms with Crippen LogP contribution in [0.5, 0.6) is 0 Å². The fourth-order valence-electron chi connectivity index (χ4n) is 1.97. The SMILES string of the molecule is CCC(C)(C)NC(=O)c1cc2ccccc2c(NC)n1. The highest BCUT2D eigenvalue weighted by molar-refractivity contribution is 6.00. The number of nitrogens with zero attached hydrogens (tertiary/aromatic N) is 1. The molecule has 106 valence electrons. The second-order valence-corrected chi connectivity index (χ2v) is 5.52. The molecule has 0 radical (unpaired) electrons. The van der Waals surface area contributed by atoms with Gasteiger partial charge in [0.05, 0.1) is 0 Å². The van der Waals surface area contributed by atoms with Gasteiger partial charge in [0.25, 0.3) is 5.91 Å². The van der Waals surface area contributed by atoms with Gasteiger partial charge >= 0.3 is 0 Å². The van der Waals surface area contributed by atoms with Crippen LogP contribution in [0, 0.1) is 0 Å². The molecular weight excluding hydrogens is 250 g/mol. The van der Waals surface area contributed by atoms with Gasteiger partial charge in [-0.05, 0) is 31.7 Å². The lowest BCUT2D eigenvalue weighted by molar-refractivity contribution is 0.0906. The minimum Gasteiger partial charge on any atom is -0.373 e. The van der Waals surface area contributed by atoms with Crippen LogP contribution in [0.4, 0.5) is 5.82 Å². The molecule has 0 aliphatic carbocycles. The standard InChI is InChI=1S/C16H21N3O/c1-5-16(2,3)19-15(20)13-10-11-8-6-7-9-12(11)14(17-4)18-13/h6-10H,5H2,1-4H3,(H,17,18)(H,19,20). The number of carbonyl (C=O) groups is 1. The molecule has 0 saturated heterocycles. The van der Waals surface area contributed by atoms with E-state index in [1.807, 2.05) is 58.2 Å². The number of hydrogen-bond donors (Lipinski definition) is 2. The van der Waals surface area contributed by atoms with Crippen molar-refractivity contribution >= 4 is 22.5 Å². The van der Waals surface area contributed by atoms with Crippen molar-refractivity contribution in [2.75, 3.05) is 12.4 Å². The quantitative estimate of drug-likeness (QED) is 0.898. The molecule has 0 aliphatic rings. The third-order valence-electron chi connectivity index (χ3n) is 3.55. The molecule has 0 saturated carbocycles. The van der Waals surface area contributed by atoms with Gasteiger partial charge in [0.1, 0.15) is 11.5 Å². The highest BCUT2D eigenvalue weighted by atomic mass is 16.2. The van der Waals surface area contributed by atoms with Gasteiger partial charge in [-0.1, -0.05) is 31.2 Å². The molecule has 0 aliphatic heterocycles. The monoisotopic (exact) mass is 271 g/mol. The zero-order valence-corrected chi connectivity index (χ0v) is 12.4. The van der Waals surface area contributed by atoms with Crippen molar-refractivity contribution in [3.63, 3.8) is 0 Å². The Kier molecular flexibility index (Phi) is 3.93. The molecule has 2 aromatic rings. The van der Waals surface area contributed by atoms with Crippen LogP contribution in [0.2, 0.25) is 0 Å². The molecule has 0 unspecified atom stereocenters. The minimum absolute atomic E-state index is 0.140. The molecule has 0 atom stereocenters. The van der Waals surface area contributed by atoms with Gasteiger partial charge in [0.15, 0.2) is 0 Å². The summed E-state index contributed by atoms with van der Waals surface area (Å²) in [5, 5.41) is 8.08. The first-order chi connectivity index (χ1) is 9.46. The number of amides is 1. The number of benzene rings is 1. The van der Waals surface area contributed by atoms with Gasteiger partial charge < -0.3 is 10.6 Å². The van der Waals surface area contributed by atoms with Crippen molar-refractivity contribution in [2.45, 2.75) is 32.7 Å². The van der Waals surface area contributed by atoms with Crippen LogP contribution in [-0.2, 0) is 0 Å². The van der Waals surface area contributed by atoms with E-state index in [2.05, 4.69) is 15.6 Å². The van der Waals surface area contributed by atoms with Crippen molar-refractivity contribution in [3.05, 3.63) is 36.0 Å². The summed E-state index contributed by atoms with van der Waals surface area (Å²) < 4.78 is 0. The first kappa shape index (κ1) is 14.3. The third-order valence-corrected chi connectivity index (χ3v) is 3.55. The van der Waals surface area contributed by atoms with Crippen molar-refractivity contribution in [2.24, 2.45) is 0 Å². The van der Waals surface area contributed by atoms with E-state index in [0.29, 0.717) is 5.69 Å². The van der Waals surface area contributed by atoms with Crippen LogP contribution in [0.3, 0.4) is 0 Å². The van der Waals surface area contributed by atoms with Crippen LogP contribution in [0.25, 0.3) is 10.8 Å². The molecule has 1 aromatic heterocycles. The van der Waals surface area contributed by atoms with Gasteiger partial charge in [-0.15, -0.1) is 0 Å². The average molecular weight is 271 g/mol. The molecule has 2 N–H and O–H groups in total. The molecule has 1 amide bonds.